The van der Waals surface area contributed by atoms with Crippen molar-refractivity contribution >= 4 is 0 Å². The second-order valence-corrected chi connectivity index (χ2v) is 12.9. The maximum atomic E-state index is 10.9. The summed E-state index contributed by atoms with van der Waals surface area (Å²) in [5.41, 5.74) is 0. The lowest BCUT2D eigenvalue weighted by atomic mass is 9.97. The Balaban J connectivity index is 1.36. The molecule has 0 aromatic carbocycles. The number of rotatable bonds is 17. The van der Waals surface area contributed by atoms with Crippen LogP contribution < -0.4 is 0 Å². The largest absolute Gasteiger partial charge is 0.394 e. The SMILES string of the molecule is CO[C@H]1OC(CO)[C@@H](O)C(O)C1OC1OC(CO)C(O)[C@H](O)C1OCCCCOC1C(O)[C@H](O)C(CO)O[C@H]1OC1C(O)[C@H](O)C(CO)O[C@@H]1OC. The Bertz CT molecular complexity index is 950. The predicted molar refractivity (Wildman–Crippen MR) is 164 cm³/mol. The van der Waals surface area contributed by atoms with Gasteiger partial charge in [0, 0.05) is 27.4 Å². The molecule has 306 valence electrons. The zero-order valence-electron chi connectivity index (χ0n) is 28.7. The smallest absolute Gasteiger partial charge is 0.187 e. The van der Waals surface area contributed by atoms with Gasteiger partial charge in [-0.05, 0) is 12.8 Å². The summed E-state index contributed by atoms with van der Waals surface area (Å²) >= 11 is 0. The van der Waals surface area contributed by atoms with Gasteiger partial charge in [0.15, 0.2) is 25.2 Å². The minimum atomic E-state index is -1.65. The molecule has 4 heterocycles. The quantitative estimate of drug-likeness (QED) is 0.0612. The Morgan fingerprint density at radius 3 is 0.923 bits per heavy atom. The van der Waals surface area contributed by atoms with E-state index >= 15 is 0 Å². The molecule has 13 unspecified atom stereocenters. The number of aliphatic hydroxyl groups is 12. The lowest BCUT2D eigenvalue weighted by Crippen LogP contribution is -2.65. The fraction of sp³-hybridized carbons (Fsp3) is 1.00. The number of hydrogen-bond acceptors (Lipinski definition) is 22. The molecule has 22 nitrogen and oxygen atoms in total. The molecular weight excluding hydrogens is 712 g/mol. The molecule has 0 bridgehead atoms. The summed E-state index contributed by atoms with van der Waals surface area (Å²) in [6.07, 6.45) is -28.9. The van der Waals surface area contributed by atoms with Crippen molar-refractivity contribution in [2.75, 3.05) is 53.9 Å². The van der Waals surface area contributed by atoms with E-state index in [9.17, 15) is 61.3 Å². The van der Waals surface area contributed by atoms with Crippen LogP contribution in [0.25, 0.3) is 0 Å². The van der Waals surface area contributed by atoms with Crippen LogP contribution in [0.15, 0.2) is 0 Å². The first-order chi connectivity index (χ1) is 24.9. The Morgan fingerprint density at radius 2 is 0.654 bits per heavy atom. The standard InChI is InChI=1S/C30H54O22/c1-43-27-25(21(41)17(37)11(7-31)47-27)51-29-23(19(39)15(35)13(9-33)49-29)45-5-3-4-6-46-24-20(40)16(36)14(10-34)50-30(24)52-26-22(42)18(38)12(8-32)48-28(26)44-2/h11-42H,3-10H2,1-2H3/t11?,12?,13?,14?,15-,16?,17-,18-,19?,20+,21?,22?,23?,24?,25?,26?,27+,28+,29+,30?/m1/s1. The third kappa shape index (κ3) is 9.73. The summed E-state index contributed by atoms with van der Waals surface area (Å²) in [4.78, 5) is 0. The molecule has 0 aromatic heterocycles. The number of aliphatic hydroxyl groups excluding tert-OH is 12. The Labute approximate surface area is 298 Å². The third-order valence-electron chi connectivity index (χ3n) is 9.50. The van der Waals surface area contributed by atoms with E-state index in [1.54, 1.807) is 0 Å². The van der Waals surface area contributed by atoms with Gasteiger partial charge >= 0.3 is 0 Å². The molecule has 4 fully saturated rings. The molecule has 0 spiro atoms. The summed E-state index contributed by atoms with van der Waals surface area (Å²) in [7, 11) is 2.46. The maximum Gasteiger partial charge on any atom is 0.187 e. The molecule has 0 aromatic rings. The van der Waals surface area contributed by atoms with Crippen molar-refractivity contribution in [1.82, 2.24) is 0 Å². The Kier molecular flexibility index (Phi) is 17.1. The third-order valence-corrected chi connectivity index (χ3v) is 9.50. The van der Waals surface area contributed by atoms with Crippen molar-refractivity contribution in [2.24, 2.45) is 0 Å². The zero-order chi connectivity index (χ0) is 38.3. The summed E-state index contributed by atoms with van der Waals surface area (Å²) < 4.78 is 55.8. The van der Waals surface area contributed by atoms with Gasteiger partial charge in [-0.15, -0.1) is 0 Å². The Morgan fingerprint density at radius 1 is 0.385 bits per heavy atom. The minimum Gasteiger partial charge on any atom is -0.394 e. The molecule has 22 heteroatoms. The van der Waals surface area contributed by atoms with Crippen LogP contribution in [0, 0.1) is 0 Å². The van der Waals surface area contributed by atoms with Gasteiger partial charge < -0.3 is 109 Å². The molecular formula is C30H54O22. The molecule has 4 aliphatic heterocycles. The van der Waals surface area contributed by atoms with Crippen molar-refractivity contribution in [3.05, 3.63) is 0 Å². The highest BCUT2D eigenvalue weighted by atomic mass is 16.8. The fourth-order valence-corrected chi connectivity index (χ4v) is 6.42. The van der Waals surface area contributed by atoms with Gasteiger partial charge in [0.1, 0.15) is 97.7 Å². The molecule has 4 aliphatic rings. The van der Waals surface area contributed by atoms with Gasteiger partial charge in [-0.3, -0.25) is 0 Å². The molecule has 4 rings (SSSR count). The van der Waals surface area contributed by atoms with Crippen LogP contribution in [-0.2, 0) is 47.4 Å². The molecule has 20 atom stereocenters. The first-order valence-electron chi connectivity index (χ1n) is 17.0. The lowest BCUT2D eigenvalue weighted by Gasteiger charge is -2.46. The van der Waals surface area contributed by atoms with Gasteiger partial charge in [0.2, 0.25) is 0 Å². The van der Waals surface area contributed by atoms with Crippen LogP contribution in [0.2, 0.25) is 0 Å². The van der Waals surface area contributed by atoms with E-state index in [0.717, 1.165) is 0 Å². The molecule has 0 aliphatic carbocycles. The summed E-state index contributed by atoms with van der Waals surface area (Å²) in [5, 5.41) is 123. The van der Waals surface area contributed by atoms with Crippen molar-refractivity contribution in [1.29, 1.82) is 0 Å². The van der Waals surface area contributed by atoms with E-state index in [0.29, 0.717) is 0 Å². The highest BCUT2D eigenvalue weighted by molar-refractivity contribution is 4.96. The van der Waals surface area contributed by atoms with Crippen LogP contribution in [0.4, 0.5) is 0 Å². The molecule has 12 N–H and O–H groups in total. The molecule has 52 heavy (non-hydrogen) atoms. The normalized spacial score (nSPS) is 47.4. The van der Waals surface area contributed by atoms with E-state index in [1.807, 2.05) is 0 Å². The monoisotopic (exact) mass is 766 g/mol. The predicted octanol–water partition coefficient (Wildman–Crippen LogP) is -7.64. The number of hydrogen-bond donors (Lipinski definition) is 12. The molecule has 0 radical (unpaired) electrons. The number of ether oxygens (including phenoxy) is 10. The van der Waals surface area contributed by atoms with Crippen LogP contribution in [0.1, 0.15) is 12.8 Å². The van der Waals surface area contributed by atoms with Crippen molar-refractivity contribution in [2.45, 2.75) is 136 Å². The van der Waals surface area contributed by atoms with E-state index < -0.39 is 149 Å². The van der Waals surface area contributed by atoms with Crippen molar-refractivity contribution in [3.63, 3.8) is 0 Å². The van der Waals surface area contributed by atoms with Crippen LogP contribution in [0.5, 0.6) is 0 Å². The molecule has 0 saturated carbocycles. The van der Waals surface area contributed by atoms with Crippen LogP contribution in [0.3, 0.4) is 0 Å². The lowest BCUT2D eigenvalue weighted by molar-refractivity contribution is -0.369. The van der Waals surface area contributed by atoms with Gasteiger partial charge in [-0.1, -0.05) is 0 Å². The topological polar surface area (TPSA) is 335 Å². The van der Waals surface area contributed by atoms with E-state index in [4.69, 9.17) is 47.4 Å². The highest BCUT2D eigenvalue weighted by Crippen LogP contribution is 2.32. The van der Waals surface area contributed by atoms with Gasteiger partial charge in [0.05, 0.1) is 26.4 Å². The Hall–Kier alpha value is -0.880. The summed E-state index contributed by atoms with van der Waals surface area (Å²) in [5.74, 6) is 0. The van der Waals surface area contributed by atoms with Gasteiger partial charge in [0.25, 0.3) is 0 Å². The number of unbranched alkanes of at least 4 members (excludes halogenated alkanes) is 1. The van der Waals surface area contributed by atoms with E-state index in [1.165, 1.54) is 14.2 Å². The molecule has 4 saturated heterocycles. The van der Waals surface area contributed by atoms with E-state index in [-0.39, 0.29) is 26.1 Å². The molecule has 0 amide bonds. The minimum absolute atomic E-state index is 0.110. The first-order valence-corrected chi connectivity index (χ1v) is 17.0. The summed E-state index contributed by atoms with van der Waals surface area (Å²) in [6, 6.07) is 0. The zero-order valence-corrected chi connectivity index (χ0v) is 28.7. The highest BCUT2D eigenvalue weighted by Gasteiger charge is 2.53. The van der Waals surface area contributed by atoms with Crippen LogP contribution >= 0.6 is 0 Å². The van der Waals surface area contributed by atoms with Gasteiger partial charge in [-0.2, -0.15) is 0 Å². The first kappa shape index (κ1) is 43.8. The van der Waals surface area contributed by atoms with E-state index in [2.05, 4.69) is 0 Å². The second-order valence-electron chi connectivity index (χ2n) is 12.9. The average Bonchev–Trinajstić information content (AvgIpc) is 3.15. The van der Waals surface area contributed by atoms with Crippen molar-refractivity contribution < 1.29 is 109 Å². The van der Waals surface area contributed by atoms with Crippen molar-refractivity contribution in [3.8, 4) is 0 Å². The van der Waals surface area contributed by atoms with Crippen LogP contribution in [-0.4, -0.2) is 238 Å². The maximum absolute atomic E-state index is 10.9. The summed E-state index contributed by atoms with van der Waals surface area (Å²) in [6.45, 7) is -2.92. The average molecular weight is 767 g/mol. The van der Waals surface area contributed by atoms with Gasteiger partial charge in [-0.25, -0.2) is 0 Å². The fourth-order valence-electron chi connectivity index (χ4n) is 6.42. The second kappa shape index (κ2) is 20.3. The number of methoxy groups -OCH3 is 2.